The van der Waals surface area contributed by atoms with Crippen LogP contribution in [0.5, 0.6) is 0 Å². The van der Waals surface area contributed by atoms with Crippen LogP contribution in [0.2, 0.25) is 0 Å². The fourth-order valence-corrected chi connectivity index (χ4v) is 6.45. The number of Topliss-reactive ketones (excluding diaryl/α,β-unsaturated/α-hetero) is 1. The third kappa shape index (κ3) is 12.0. The van der Waals surface area contributed by atoms with Gasteiger partial charge >= 0.3 is 6.03 Å². The van der Waals surface area contributed by atoms with Crippen molar-refractivity contribution in [2.45, 2.75) is 156 Å². The number of urea groups is 1. The number of aliphatic hydroxyl groups is 1. The summed E-state index contributed by atoms with van der Waals surface area (Å²) in [6.45, 7) is 16.2. The number of carbonyl (C=O) groups is 7. The summed E-state index contributed by atoms with van der Waals surface area (Å²) in [5.74, 6) is -3.50. The number of ether oxygens (including phenoxy) is 1. The molecule has 0 bridgehead atoms. The maximum absolute atomic E-state index is 14.4. The molecule has 7 amide bonds. The molecule has 16 nitrogen and oxygen atoms in total. The van der Waals surface area contributed by atoms with Crippen molar-refractivity contribution in [3.05, 3.63) is 0 Å². The van der Waals surface area contributed by atoms with Gasteiger partial charge in [-0.2, -0.15) is 0 Å². The van der Waals surface area contributed by atoms with E-state index in [4.69, 9.17) is 10.5 Å². The summed E-state index contributed by atoms with van der Waals surface area (Å²) in [6.07, 6.45) is 0.835. The lowest BCUT2D eigenvalue weighted by Crippen LogP contribution is -2.62. The molecule has 0 spiro atoms. The Morgan fingerprint density at radius 1 is 0.962 bits per heavy atom. The Balaban J connectivity index is 1.82. The Hall–Kier alpha value is -3.63. The topological polar surface area (TPSA) is 230 Å². The number of likely N-dealkylation sites (tertiary alicyclic amines) is 2. The number of nitrogens with one attached hydrogen (secondary N) is 4. The van der Waals surface area contributed by atoms with Crippen LogP contribution >= 0.6 is 0 Å². The predicted octanol–water partition coefficient (Wildman–Crippen LogP) is 1.03. The molecule has 3 rings (SSSR count). The van der Waals surface area contributed by atoms with Crippen LogP contribution in [0.1, 0.15) is 114 Å². The van der Waals surface area contributed by atoms with Crippen LogP contribution in [0.4, 0.5) is 4.79 Å². The fourth-order valence-electron chi connectivity index (χ4n) is 6.45. The molecule has 0 aromatic carbocycles. The van der Waals surface area contributed by atoms with Gasteiger partial charge in [-0.1, -0.05) is 75.2 Å². The Kier molecular flexibility index (Phi) is 14.0. The molecule has 3 aliphatic rings. The number of unbranched alkanes of at least 4 members (excludes halogenated alkanes) is 1. The fraction of sp³-hybridized carbons (Fsp3) is 0.806. The molecule has 2 saturated heterocycles. The van der Waals surface area contributed by atoms with Crippen LogP contribution in [0, 0.1) is 16.2 Å². The van der Waals surface area contributed by atoms with Gasteiger partial charge in [0.15, 0.2) is 0 Å². The van der Waals surface area contributed by atoms with Gasteiger partial charge < -0.3 is 36.0 Å². The lowest BCUT2D eigenvalue weighted by atomic mass is 9.80. The van der Waals surface area contributed by atoms with E-state index in [0.717, 1.165) is 12.8 Å². The molecular formula is C36H61N7O9. The minimum absolute atomic E-state index is 0.0514. The minimum Gasteiger partial charge on any atom is -0.356 e. The van der Waals surface area contributed by atoms with Crippen molar-refractivity contribution >= 4 is 41.4 Å². The summed E-state index contributed by atoms with van der Waals surface area (Å²) in [5.41, 5.74) is 3.53. The highest BCUT2D eigenvalue weighted by Gasteiger charge is 2.47. The van der Waals surface area contributed by atoms with Crippen molar-refractivity contribution in [2.75, 3.05) is 13.1 Å². The van der Waals surface area contributed by atoms with E-state index in [1.54, 1.807) is 20.8 Å². The molecule has 0 radical (unpaired) electrons. The lowest BCUT2D eigenvalue weighted by Gasteiger charge is -2.40. The monoisotopic (exact) mass is 735 g/mol. The molecule has 2 unspecified atom stereocenters. The van der Waals surface area contributed by atoms with E-state index < -0.39 is 82.5 Å². The molecule has 1 saturated carbocycles. The molecule has 2 aliphatic heterocycles. The highest BCUT2D eigenvalue weighted by Crippen LogP contribution is 2.33. The first-order chi connectivity index (χ1) is 23.9. The molecule has 7 N–H and O–H groups in total. The van der Waals surface area contributed by atoms with Crippen molar-refractivity contribution in [1.82, 2.24) is 31.1 Å². The Morgan fingerprint density at radius 3 is 2.06 bits per heavy atom. The summed E-state index contributed by atoms with van der Waals surface area (Å²) in [4.78, 5) is 96.0. The molecule has 0 aromatic rings. The van der Waals surface area contributed by atoms with E-state index in [2.05, 4.69) is 21.3 Å². The van der Waals surface area contributed by atoms with E-state index in [0.29, 0.717) is 12.8 Å². The van der Waals surface area contributed by atoms with Crippen molar-refractivity contribution in [3.63, 3.8) is 0 Å². The highest BCUT2D eigenvalue weighted by atomic mass is 16.6. The average molecular weight is 736 g/mol. The predicted molar refractivity (Wildman–Crippen MR) is 191 cm³/mol. The largest absolute Gasteiger partial charge is 0.356 e. The van der Waals surface area contributed by atoms with E-state index in [-0.39, 0.29) is 56.6 Å². The van der Waals surface area contributed by atoms with E-state index in [1.165, 1.54) is 9.80 Å². The summed E-state index contributed by atoms with van der Waals surface area (Å²) in [7, 11) is 0. The van der Waals surface area contributed by atoms with Gasteiger partial charge in [-0.05, 0) is 35.5 Å². The first-order valence-corrected chi connectivity index (χ1v) is 18.4. The molecule has 3 fully saturated rings. The van der Waals surface area contributed by atoms with Gasteiger partial charge in [0.2, 0.25) is 35.8 Å². The quantitative estimate of drug-likeness (QED) is 0.0795. The normalized spacial score (nSPS) is 23.0. The maximum Gasteiger partial charge on any atom is 0.315 e. The van der Waals surface area contributed by atoms with Crippen LogP contribution in [0.25, 0.3) is 0 Å². The zero-order valence-corrected chi connectivity index (χ0v) is 32.3. The van der Waals surface area contributed by atoms with Crippen LogP contribution in [-0.4, -0.2) is 112 Å². The zero-order valence-electron chi connectivity index (χ0n) is 32.3. The number of ketones is 1. The number of rotatable bonds is 15. The number of piperidine rings is 1. The van der Waals surface area contributed by atoms with Crippen LogP contribution < -0.4 is 27.0 Å². The standard InChI is InChI=1S/C36H61N7O9/c1-10-11-12-22(27(46)30(48)38-20-13-14-20)39-29(47)23-15-21(52-32(37)50)18-42(23)31(49)28(35(5,6)7)41-33(51)40-24(34(2,3)4)19-43-25(44)16-36(8,9)17-26(43)45/h20-24,28,32,50H,10-19,37H2,1-9H3,(H,38,48)(H,39,47)(H2,40,41,51)/t21-,22?,23+,24-,28-,32?/m1/s1. The number of imide groups is 1. The molecule has 6 atom stereocenters. The SMILES string of the molecule is CCCCC(NC(=O)[C@@H]1C[C@@H](OC(N)O)CN1C(=O)[C@@H](NC(=O)N[C@H](CN1C(=O)CC(C)(C)CC1=O)C(C)(C)C)C(C)(C)C)C(=O)C(=O)NC1CC1. The second-order valence-electron chi connectivity index (χ2n) is 17.5. The Morgan fingerprint density at radius 2 is 1.56 bits per heavy atom. The van der Waals surface area contributed by atoms with Gasteiger partial charge in [-0.25, -0.2) is 4.79 Å². The molecule has 294 valence electrons. The molecule has 52 heavy (non-hydrogen) atoms. The van der Waals surface area contributed by atoms with Crippen molar-refractivity contribution in [1.29, 1.82) is 0 Å². The van der Waals surface area contributed by atoms with Gasteiger partial charge in [0.05, 0.1) is 18.2 Å². The first kappa shape index (κ1) is 42.8. The van der Waals surface area contributed by atoms with Gasteiger partial charge in [-0.3, -0.25) is 39.4 Å². The third-order valence-corrected chi connectivity index (χ3v) is 9.76. The van der Waals surface area contributed by atoms with E-state index >= 15 is 0 Å². The smallest absolute Gasteiger partial charge is 0.315 e. The third-order valence-electron chi connectivity index (χ3n) is 9.76. The summed E-state index contributed by atoms with van der Waals surface area (Å²) < 4.78 is 5.39. The first-order valence-electron chi connectivity index (χ1n) is 18.4. The summed E-state index contributed by atoms with van der Waals surface area (Å²) in [5, 5.41) is 20.7. The maximum atomic E-state index is 14.4. The van der Waals surface area contributed by atoms with Crippen LogP contribution in [-0.2, 0) is 33.5 Å². The van der Waals surface area contributed by atoms with Gasteiger partial charge in [0, 0.05) is 38.4 Å². The summed E-state index contributed by atoms with van der Waals surface area (Å²) in [6, 6.07) is -4.95. The molecule has 1 aliphatic carbocycles. The van der Waals surface area contributed by atoms with E-state index in [1.807, 2.05) is 41.5 Å². The number of amides is 7. The number of nitrogens with zero attached hydrogens (tertiary/aromatic N) is 2. The molecule has 16 heteroatoms. The molecule has 0 aromatic heterocycles. The zero-order chi connectivity index (χ0) is 39.3. The van der Waals surface area contributed by atoms with E-state index in [9.17, 15) is 38.7 Å². The van der Waals surface area contributed by atoms with Gasteiger partial charge in [-0.15, -0.1) is 0 Å². The average Bonchev–Trinajstić information content (AvgIpc) is 3.72. The Bertz CT molecular complexity index is 1350. The second-order valence-corrected chi connectivity index (χ2v) is 17.5. The van der Waals surface area contributed by atoms with Crippen LogP contribution in [0.3, 0.4) is 0 Å². The number of hydrogen-bond acceptors (Lipinski definition) is 10. The van der Waals surface area contributed by atoms with Crippen molar-refractivity contribution in [3.8, 4) is 0 Å². The van der Waals surface area contributed by atoms with Crippen molar-refractivity contribution < 1.29 is 43.4 Å². The lowest BCUT2D eigenvalue weighted by molar-refractivity contribution is -0.153. The minimum atomic E-state index is -1.69. The summed E-state index contributed by atoms with van der Waals surface area (Å²) >= 11 is 0. The number of nitrogens with two attached hydrogens (primary N) is 1. The number of aliphatic hydroxyl groups excluding tert-OH is 1. The second kappa shape index (κ2) is 17.0. The number of carbonyl (C=O) groups excluding carboxylic acids is 7. The Labute approximate surface area is 307 Å². The highest BCUT2D eigenvalue weighted by molar-refractivity contribution is 6.38. The van der Waals surface area contributed by atoms with Crippen LogP contribution in [0.15, 0.2) is 0 Å². The van der Waals surface area contributed by atoms with Gasteiger partial charge in [0.1, 0.15) is 12.1 Å². The number of hydrogen-bond donors (Lipinski definition) is 6. The van der Waals surface area contributed by atoms with Gasteiger partial charge in [0.25, 0.3) is 5.91 Å². The molecular weight excluding hydrogens is 674 g/mol. The molecule has 2 heterocycles. The van der Waals surface area contributed by atoms with Crippen molar-refractivity contribution in [2.24, 2.45) is 22.0 Å².